The number of rotatable bonds is 8. The Morgan fingerprint density at radius 3 is 2.29 bits per heavy atom. The number of amides is 2. The molecule has 0 spiro atoms. The second-order valence-electron chi connectivity index (χ2n) is 9.59. The highest BCUT2D eigenvalue weighted by Gasteiger charge is 2.27. The summed E-state index contributed by atoms with van der Waals surface area (Å²) in [6.45, 7) is 5.24. The number of anilines is 1. The van der Waals surface area contributed by atoms with Gasteiger partial charge in [-0.05, 0) is 61.6 Å². The summed E-state index contributed by atoms with van der Waals surface area (Å²) in [6, 6.07) is 19.8. The Morgan fingerprint density at radius 2 is 1.61 bits per heavy atom. The molecule has 1 heterocycles. The third kappa shape index (κ3) is 6.16. The number of piperidine rings is 1. The first-order chi connectivity index (χ1) is 18.2. The van der Waals surface area contributed by atoms with Gasteiger partial charge in [-0.15, -0.1) is 0 Å². The predicted molar refractivity (Wildman–Crippen MR) is 147 cm³/mol. The monoisotopic (exact) mass is 535 g/mol. The molecule has 38 heavy (non-hydrogen) atoms. The molecule has 0 bridgehead atoms. The Morgan fingerprint density at radius 1 is 0.947 bits per heavy atom. The van der Waals surface area contributed by atoms with Crippen molar-refractivity contribution in [2.45, 2.75) is 37.6 Å². The van der Waals surface area contributed by atoms with Crippen molar-refractivity contribution in [1.29, 1.82) is 0 Å². The number of likely N-dealkylation sites (tertiary alicyclic amines) is 1. The number of hydrogen-bond donors (Lipinski definition) is 2. The third-order valence-corrected chi connectivity index (χ3v) is 8.21. The zero-order valence-electron chi connectivity index (χ0n) is 21.8. The minimum absolute atomic E-state index is 0.0973. The second-order valence-corrected chi connectivity index (χ2v) is 11.3. The van der Waals surface area contributed by atoms with E-state index in [1.807, 2.05) is 37.3 Å². The molecule has 8 nitrogen and oxygen atoms in total. The van der Waals surface area contributed by atoms with Crippen molar-refractivity contribution in [3.05, 3.63) is 89.5 Å². The van der Waals surface area contributed by atoms with Gasteiger partial charge in [-0.25, -0.2) is 8.42 Å². The van der Waals surface area contributed by atoms with Crippen LogP contribution in [-0.4, -0.2) is 45.3 Å². The van der Waals surface area contributed by atoms with Gasteiger partial charge < -0.3 is 15.0 Å². The average molecular weight is 536 g/mol. The van der Waals surface area contributed by atoms with Crippen molar-refractivity contribution in [2.75, 3.05) is 24.9 Å². The summed E-state index contributed by atoms with van der Waals surface area (Å²) in [6.07, 6.45) is 1.80. The standard InChI is InChI=1S/C29H33N3O5S/c1-20-15-17-32(18-16-20)29(34)25-19-23(13-14-27(25)37-3)38(35,36)31-26-12-8-7-11-24(26)28(33)30-21(2)22-9-5-4-6-10-22/h4-14,19-21,31H,15-18H2,1-3H3,(H,30,33)/t21-/m0/s1. The predicted octanol–water partition coefficient (Wildman–Crippen LogP) is 4.86. The Hall–Kier alpha value is -3.85. The molecule has 9 heteroatoms. The first-order valence-electron chi connectivity index (χ1n) is 12.6. The van der Waals surface area contributed by atoms with Gasteiger partial charge in [0.2, 0.25) is 0 Å². The summed E-state index contributed by atoms with van der Waals surface area (Å²) in [5, 5.41) is 2.92. The Balaban J connectivity index is 1.57. The van der Waals surface area contributed by atoms with Crippen LogP contribution in [-0.2, 0) is 10.0 Å². The van der Waals surface area contributed by atoms with Gasteiger partial charge in [-0.3, -0.25) is 14.3 Å². The van der Waals surface area contributed by atoms with Crippen LogP contribution in [0.3, 0.4) is 0 Å². The SMILES string of the molecule is COc1ccc(S(=O)(=O)Nc2ccccc2C(=O)N[C@@H](C)c2ccccc2)cc1C(=O)N1CCC(C)CC1. The van der Waals surface area contributed by atoms with Gasteiger partial charge in [0.25, 0.3) is 21.8 Å². The van der Waals surface area contributed by atoms with E-state index < -0.39 is 15.9 Å². The second kappa shape index (κ2) is 11.7. The van der Waals surface area contributed by atoms with Crippen LogP contribution >= 0.6 is 0 Å². The topological polar surface area (TPSA) is 105 Å². The van der Waals surface area contributed by atoms with E-state index in [1.54, 1.807) is 23.1 Å². The normalized spacial score (nSPS) is 15.0. The van der Waals surface area contributed by atoms with E-state index in [2.05, 4.69) is 17.0 Å². The van der Waals surface area contributed by atoms with Crippen LogP contribution in [0.15, 0.2) is 77.7 Å². The van der Waals surface area contributed by atoms with Gasteiger partial charge in [0.05, 0.1) is 34.9 Å². The average Bonchev–Trinajstić information content (AvgIpc) is 2.93. The summed E-state index contributed by atoms with van der Waals surface area (Å²) in [5.74, 6) is 0.178. The number of nitrogens with zero attached hydrogens (tertiary/aromatic N) is 1. The highest BCUT2D eigenvalue weighted by Crippen LogP contribution is 2.28. The van der Waals surface area contributed by atoms with Crippen LogP contribution in [0.25, 0.3) is 0 Å². The summed E-state index contributed by atoms with van der Waals surface area (Å²) in [5.41, 5.74) is 1.44. The van der Waals surface area contributed by atoms with E-state index in [4.69, 9.17) is 4.74 Å². The molecule has 2 N–H and O–H groups in total. The molecule has 0 saturated carbocycles. The van der Waals surface area contributed by atoms with Crippen LogP contribution in [0, 0.1) is 5.92 Å². The molecule has 4 rings (SSSR count). The molecule has 3 aromatic carbocycles. The molecular formula is C29H33N3O5S. The van der Waals surface area contributed by atoms with Crippen LogP contribution in [0.5, 0.6) is 5.75 Å². The summed E-state index contributed by atoms with van der Waals surface area (Å²) < 4.78 is 34.7. The number of benzene rings is 3. The minimum atomic E-state index is -4.13. The number of carbonyl (C=O) groups is 2. The lowest BCUT2D eigenvalue weighted by Gasteiger charge is -2.30. The van der Waals surface area contributed by atoms with Gasteiger partial charge in [-0.2, -0.15) is 0 Å². The minimum Gasteiger partial charge on any atom is -0.496 e. The smallest absolute Gasteiger partial charge is 0.261 e. The molecule has 200 valence electrons. The molecule has 1 aliphatic heterocycles. The molecule has 1 saturated heterocycles. The van der Waals surface area contributed by atoms with E-state index in [1.165, 1.54) is 31.4 Å². The maximum atomic E-state index is 13.4. The van der Waals surface area contributed by atoms with Gasteiger partial charge in [0.1, 0.15) is 5.75 Å². The molecule has 0 radical (unpaired) electrons. The lowest BCUT2D eigenvalue weighted by atomic mass is 9.98. The number of methoxy groups -OCH3 is 1. The van der Waals surface area contributed by atoms with E-state index in [0.717, 1.165) is 18.4 Å². The molecule has 1 atom stereocenters. The third-order valence-electron chi connectivity index (χ3n) is 6.85. The van der Waals surface area contributed by atoms with Crippen molar-refractivity contribution in [3.8, 4) is 5.75 Å². The van der Waals surface area contributed by atoms with Crippen molar-refractivity contribution < 1.29 is 22.7 Å². The fourth-order valence-electron chi connectivity index (χ4n) is 4.48. The number of nitrogens with one attached hydrogen (secondary N) is 2. The highest BCUT2D eigenvalue weighted by atomic mass is 32.2. The van der Waals surface area contributed by atoms with E-state index in [0.29, 0.717) is 24.8 Å². The van der Waals surface area contributed by atoms with Crippen molar-refractivity contribution in [2.24, 2.45) is 5.92 Å². The maximum absolute atomic E-state index is 13.4. The van der Waals surface area contributed by atoms with Gasteiger partial charge >= 0.3 is 0 Å². The lowest BCUT2D eigenvalue weighted by Crippen LogP contribution is -2.38. The number of ether oxygens (including phenoxy) is 1. The molecule has 2 amide bonds. The Bertz CT molecular complexity index is 1400. The first-order valence-corrected chi connectivity index (χ1v) is 14.1. The largest absolute Gasteiger partial charge is 0.496 e. The fourth-order valence-corrected chi connectivity index (χ4v) is 5.58. The maximum Gasteiger partial charge on any atom is 0.261 e. The number of carbonyl (C=O) groups excluding carboxylic acids is 2. The summed E-state index contributed by atoms with van der Waals surface area (Å²) in [4.78, 5) is 28.0. The fraction of sp³-hybridized carbons (Fsp3) is 0.310. The molecule has 0 unspecified atom stereocenters. The Kier molecular flexibility index (Phi) is 8.36. The molecule has 3 aromatic rings. The van der Waals surface area contributed by atoms with Crippen LogP contribution in [0.4, 0.5) is 5.69 Å². The quantitative estimate of drug-likeness (QED) is 0.429. The molecule has 0 aliphatic carbocycles. The lowest BCUT2D eigenvalue weighted by molar-refractivity contribution is 0.0693. The van der Waals surface area contributed by atoms with Crippen molar-refractivity contribution in [3.63, 3.8) is 0 Å². The molecule has 1 aliphatic rings. The van der Waals surface area contributed by atoms with Crippen LogP contribution in [0.1, 0.15) is 59.0 Å². The molecule has 1 fully saturated rings. The zero-order chi connectivity index (χ0) is 27.3. The summed E-state index contributed by atoms with van der Waals surface area (Å²) >= 11 is 0. The molecular weight excluding hydrogens is 502 g/mol. The molecule has 0 aromatic heterocycles. The highest BCUT2D eigenvalue weighted by molar-refractivity contribution is 7.92. The van der Waals surface area contributed by atoms with Crippen molar-refractivity contribution >= 4 is 27.5 Å². The van der Waals surface area contributed by atoms with Gasteiger partial charge in [0, 0.05) is 13.1 Å². The van der Waals surface area contributed by atoms with Crippen LogP contribution < -0.4 is 14.8 Å². The van der Waals surface area contributed by atoms with Gasteiger partial charge in [0.15, 0.2) is 0 Å². The van der Waals surface area contributed by atoms with Gasteiger partial charge in [-0.1, -0.05) is 49.4 Å². The first kappa shape index (κ1) is 27.2. The van der Waals surface area contributed by atoms with E-state index in [9.17, 15) is 18.0 Å². The number of sulfonamides is 1. The van der Waals surface area contributed by atoms with E-state index >= 15 is 0 Å². The summed E-state index contributed by atoms with van der Waals surface area (Å²) in [7, 11) is -2.68. The van der Waals surface area contributed by atoms with E-state index in [-0.39, 0.29) is 33.7 Å². The zero-order valence-corrected chi connectivity index (χ0v) is 22.6. The Labute approximate surface area is 224 Å². The van der Waals surface area contributed by atoms with Crippen LogP contribution in [0.2, 0.25) is 0 Å². The van der Waals surface area contributed by atoms with Crippen molar-refractivity contribution in [1.82, 2.24) is 10.2 Å². The number of hydrogen-bond acceptors (Lipinski definition) is 5. The number of para-hydroxylation sites is 1.